The number of aliphatic hydroxyl groups is 1. The van der Waals surface area contributed by atoms with Gasteiger partial charge in [-0.3, -0.25) is 4.79 Å². The topological polar surface area (TPSA) is 75.4 Å². The highest BCUT2D eigenvalue weighted by Crippen LogP contribution is 2.32. The quantitative estimate of drug-likeness (QED) is 0.712. The van der Waals surface area contributed by atoms with Crippen molar-refractivity contribution in [1.82, 2.24) is 5.32 Å². The van der Waals surface area contributed by atoms with Crippen LogP contribution in [0, 0.1) is 5.92 Å². The number of benzene rings is 1. The number of hydrogen-bond acceptors (Lipinski definition) is 3. The normalized spacial score (nSPS) is 16.6. The maximum atomic E-state index is 11.7. The van der Waals surface area contributed by atoms with Crippen molar-refractivity contribution in [3.05, 3.63) is 28.8 Å². The van der Waals surface area contributed by atoms with Crippen LogP contribution < -0.4 is 11.1 Å². The van der Waals surface area contributed by atoms with E-state index in [1.165, 1.54) is 6.07 Å². The molecule has 1 aromatic carbocycles. The van der Waals surface area contributed by atoms with E-state index in [2.05, 4.69) is 5.32 Å². The third-order valence-corrected chi connectivity index (χ3v) is 3.24. The highest BCUT2D eigenvalue weighted by atomic mass is 35.5. The number of amides is 1. The van der Waals surface area contributed by atoms with Gasteiger partial charge in [0.05, 0.1) is 16.8 Å². The van der Waals surface area contributed by atoms with Crippen LogP contribution >= 0.6 is 11.6 Å². The number of aliphatic hydroxyl groups excluding tert-OH is 1. The second-order valence-corrected chi connectivity index (χ2v) is 4.76. The summed E-state index contributed by atoms with van der Waals surface area (Å²) in [6.45, 7) is 0.284. The van der Waals surface area contributed by atoms with E-state index in [1.807, 2.05) is 0 Å². The van der Waals surface area contributed by atoms with Crippen LogP contribution in [0.3, 0.4) is 0 Å². The smallest absolute Gasteiger partial charge is 0.251 e. The van der Waals surface area contributed by atoms with E-state index in [4.69, 9.17) is 17.3 Å². The van der Waals surface area contributed by atoms with Crippen molar-refractivity contribution in [2.75, 3.05) is 12.3 Å². The summed E-state index contributed by atoms with van der Waals surface area (Å²) in [7, 11) is 0. The molecule has 1 saturated carbocycles. The molecule has 0 radical (unpaired) electrons. The van der Waals surface area contributed by atoms with E-state index < -0.39 is 6.10 Å². The van der Waals surface area contributed by atoms with Crippen molar-refractivity contribution in [3.8, 4) is 0 Å². The number of halogens is 1. The van der Waals surface area contributed by atoms with Gasteiger partial charge in [-0.2, -0.15) is 0 Å². The molecule has 5 heteroatoms. The zero-order valence-electron chi connectivity index (χ0n) is 9.32. The van der Waals surface area contributed by atoms with Crippen LogP contribution in [0.1, 0.15) is 23.2 Å². The average molecular weight is 255 g/mol. The Hall–Kier alpha value is -1.26. The maximum Gasteiger partial charge on any atom is 0.251 e. The Morgan fingerprint density at radius 2 is 2.29 bits per heavy atom. The number of anilines is 1. The molecular formula is C12H15ClN2O2. The van der Waals surface area contributed by atoms with Gasteiger partial charge in [0.2, 0.25) is 0 Å². The molecule has 1 aliphatic carbocycles. The van der Waals surface area contributed by atoms with E-state index in [9.17, 15) is 9.90 Å². The molecule has 1 unspecified atom stereocenters. The summed E-state index contributed by atoms with van der Waals surface area (Å²) in [5, 5.41) is 12.7. The minimum Gasteiger partial charge on any atom is -0.398 e. The molecule has 0 spiro atoms. The predicted octanol–water partition coefficient (Wildman–Crippen LogP) is 1.42. The van der Waals surface area contributed by atoms with Gasteiger partial charge in [-0.25, -0.2) is 0 Å². The summed E-state index contributed by atoms with van der Waals surface area (Å²) in [5.41, 5.74) is 6.44. The van der Waals surface area contributed by atoms with E-state index in [-0.39, 0.29) is 12.5 Å². The second-order valence-electron chi connectivity index (χ2n) is 4.35. The highest BCUT2D eigenvalue weighted by Gasteiger charge is 2.29. The molecule has 0 aromatic heterocycles. The third-order valence-electron chi connectivity index (χ3n) is 2.90. The lowest BCUT2D eigenvalue weighted by Crippen LogP contribution is -2.33. The minimum atomic E-state index is -0.441. The summed E-state index contributed by atoms with van der Waals surface area (Å²) >= 11 is 5.77. The molecule has 92 valence electrons. The first kappa shape index (κ1) is 12.2. The molecule has 1 fully saturated rings. The van der Waals surface area contributed by atoms with Crippen LogP contribution in [0.2, 0.25) is 5.02 Å². The first-order chi connectivity index (χ1) is 8.08. The fourth-order valence-corrected chi connectivity index (χ4v) is 1.75. The Labute approximate surface area is 105 Å². The van der Waals surface area contributed by atoms with Crippen LogP contribution in [0.4, 0.5) is 5.69 Å². The molecule has 0 saturated heterocycles. The second kappa shape index (κ2) is 4.94. The third kappa shape index (κ3) is 3.11. The van der Waals surface area contributed by atoms with Gasteiger partial charge in [0, 0.05) is 12.1 Å². The number of carbonyl (C=O) groups is 1. The van der Waals surface area contributed by atoms with Gasteiger partial charge in [-0.1, -0.05) is 11.6 Å². The molecule has 4 N–H and O–H groups in total. The maximum absolute atomic E-state index is 11.7. The molecular weight excluding hydrogens is 240 g/mol. The van der Waals surface area contributed by atoms with E-state index in [0.717, 1.165) is 12.8 Å². The predicted molar refractivity (Wildman–Crippen MR) is 66.9 cm³/mol. The van der Waals surface area contributed by atoms with Crippen molar-refractivity contribution in [3.63, 3.8) is 0 Å². The van der Waals surface area contributed by atoms with Gasteiger partial charge in [-0.05, 0) is 37.0 Å². The lowest BCUT2D eigenvalue weighted by atomic mass is 10.1. The summed E-state index contributed by atoms with van der Waals surface area (Å²) in [6.07, 6.45) is 1.65. The average Bonchev–Trinajstić information content (AvgIpc) is 3.13. The van der Waals surface area contributed by atoms with Crippen LogP contribution in [0.5, 0.6) is 0 Å². The van der Waals surface area contributed by atoms with Crippen LogP contribution in [-0.4, -0.2) is 23.7 Å². The van der Waals surface area contributed by atoms with Crippen molar-refractivity contribution >= 4 is 23.2 Å². The summed E-state index contributed by atoms with van der Waals surface area (Å²) in [6, 6.07) is 4.72. The number of nitrogens with two attached hydrogens (primary N) is 1. The fourth-order valence-electron chi connectivity index (χ4n) is 1.63. The van der Waals surface area contributed by atoms with Gasteiger partial charge < -0.3 is 16.2 Å². The number of nitrogens with one attached hydrogen (secondary N) is 1. The van der Waals surface area contributed by atoms with E-state index in [0.29, 0.717) is 22.2 Å². The number of hydrogen-bond donors (Lipinski definition) is 3. The molecule has 17 heavy (non-hydrogen) atoms. The Bertz CT molecular complexity index is 433. The number of nitrogen functional groups attached to an aromatic ring is 1. The Morgan fingerprint density at radius 3 is 2.88 bits per heavy atom. The molecule has 0 heterocycles. The Balaban J connectivity index is 1.92. The lowest BCUT2D eigenvalue weighted by molar-refractivity contribution is 0.0901. The van der Waals surface area contributed by atoms with Gasteiger partial charge >= 0.3 is 0 Å². The zero-order valence-corrected chi connectivity index (χ0v) is 10.1. The van der Waals surface area contributed by atoms with Gasteiger partial charge in [0.1, 0.15) is 0 Å². The molecule has 4 nitrogen and oxygen atoms in total. The Morgan fingerprint density at radius 1 is 1.59 bits per heavy atom. The van der Waals surface area contributed by atoms with Crippen LogP contribution in [-0.2, 0) is 0 Å². The van der Waals surface area contributed by atoms with Crippen molar-refractivity contribution in [2.24, 2.45) is 5.92 Å². The summed E-state index contributed by atoms with van der Waals surface area (Å²) in [5.74, 6) is 0.110. The fraction of sp³-hybridized carbons (Fsp3) is 0.417. The van der Waals surface area contributed by atoms with Crippen molar-refractivity contribution in [2.45, 2.75) is 18.9 Å². The zero-order chi connectivity index (χ0) is 12.4. The molecule has 2 rings (SSSR count). The Kier molecular flexibility index (Phi) is 3.54. The van der Waals surface area contributed by atoms with Gasteiger partial charge in [0.15, 0.2) is 0 Å². The van der Waals surface area contributed by atoms with E-state index >= 15 is 0 Å². The lowest BCUT2D eigenvalue weighted by Gasteiger charge is -2.11. The van der Waals surface area contributed by atoms with Gasteiger partial charge in [-0.15, -0.1) is 0 Å². The SMILES string of the molecule is Nc1cc(C(=O)NCC(O)C2CC2)ccc1Cl. The molecule has 1 aliphatic rings. The van der Waals surface area contributed by atoms with Crippen molar-refractivity contribution < 1.29 is 9.90 Å². The van der Waals surface area contributed by atoms with Crippen LogP contribution in [0.25, 0.3) is 0 Å². The van der Waals surface area contributed by atoms with Crippen molar-refractivity contribution in [1.29, 1.82) is 0 Å². The summed E-state index contributed by atoms with van der Waals surface area (Å²) < 4.78 is 0. The molecule has 0 aliphatic heterocycles. The highest BCUT2D eigenvalue weighted by molar-refractivity contribution is 6.33. The minimum absolute atomic E-state index is 0.243. The number of carbonyl (C=O) groups excluding carboxylic acids is 1. The molecule has 1 amide bonds. The first-order valence-electron chi connectivity index (χ1n) is 5.59. The molecule has 0 bridgehead atoms. The first-order valence-corrected chi connectivity index (χ1v) is 5.97. The number of rotatable bonds is 4. The van der Waals surface area contributed by atoms with Crippen LogP contribution in [0.15, 0.2) is 18.2 Å². The molecule has 1 aromatic rings. The standard InChI is InChI=1S/C12H15ClN2O2/c13-9-4-3-8(5-10(9)14)12(17)15-6-11(16)7-1-2-7/h3-5,7,11,16H,1-2,6,14H2,(H,15,17). The summed E-state index contributed by atoms with van der Waals surface area (Å²) in [4.78, 5) is 11.7. The van der Waals surface area contributed by atoms with E-state index in [1.54, 1.807) is 12.1 Å². The largest absolute Gasteiger partial charge is 0.398 e. The van der Waals surface area contributed by atoms with Gasteiger partial charge in [0.25, 0.3) is 5.91 Å². The molecule has 1 atom stereocenters. The monoisotopic (exact) mass is 254 g/mol.